The van der Waals surface area contributed by atoms with Crippen LogP contribution in [0.3, 0.4) is 0 Å². The van der Waals surface area contributed by atoms with Gasteiger partial charge < -0.3 is 14.2 Å². The molecule has 0 spiro atoms. The number of hydrogen-bond acceptors (Lipinski definition) is 7. The second kappa shape index (κ2) is 10.3. The van der Waals surface area contributed by atoms with Gasteiger partial charge in [0.25, 0.3) is 0 Å². The van der Waals surface area contributed by atoms with Crippen LogP contribution in [0.15, 0.2) is 42.6 Å². The minimum atomic E-state index is -0.571. The van der Waals surface area contributed by atoms with Crippen molar-refractivity contribution in [2.45, 2.75) is 51.3 Å². The SMILES string of the molecule is CPOc1cc(-c2ncc3c(N4CC5CCC(C4)N5C(=O)OC(C)(C)C)nc(Cl)nc3c2F)c2ccccc2c1. The summed E-state index contributed by atoms with van der Waals surface area (Å²) in [6.07, 6.45) is 3.03. The minimum Gasteiger partial charge on any atom is -0.477 e. The highest BCUT2D eigenvalue weighted by atomic mass is 35.5. The van der Waals surface area contributed by atoms with Crippen molar-refractivity contribution in [2.24, 2.45) is 0 Å². The minimum absolute atomic E-state index is 0.0390. The van der Waals surface area contributed by atoms with Crippen LogP contribution in [-0.4, -0.2) is 63.4 Å². The third kappa shape index (κ3) is 4.90. The highest BCUT2D eigenvalue weighted by molar-refractivity contribution is 7.31. The molecule has 3 atom stereocenters. The molecular formula is C29H30ClFN5O3P. The molecule has 2 fully saturated rings. The van der Waals surface area contributed by atoms with Gasteiger partial charge in [-0.15, -0.1) is 0 Å². The summed E-state index contributed by atoms with van der Waals surface area (Å²) >= 11 is 6.38. The summed E-state index contributed by atoms with van der Waals surface area (Å²) in [5.41, 5.74) is 0.323. The van der Waals surface area contributed by atoms with E-state index in [1.165, 1.54) is 0 Å². The van der Waals surface area contributed by atoms with Gasteiger partial charge in [-0.25, -0.2) is 14.2 Å². The molecule has 2 saturated heterocycles. The molecule has 3 unspecified atom stereocenters. The Morgan fingerprint density at radius 1 is 1.10 bits per heavy atom. The zero-order chi connectivity index (χ0) is 28.2. The quantitative estimate of drug-likeness (QED) is 0.193. The number of ether oxygens (including phenoxy) is 1. The Labute approximate surface area is 238 Å². The maximum atomic E-state index is 16.3. The molecule has 1 amide bonds. The second-order valence-electron chi connectivity index (χ2n) is 11.2. The van der Waals surface area contributed by atoms with Crippen LogP contribution in [0.4, 0.5) is 15.0 Å². The van der Waals surface area contributed by atoms with Crippen molar-refractivity contribution in [3.05, 3.63) is 53.7 Å². The van der Waals surface area contributed by atoms with Crippen LogP contribution >= 0.6 is 20.4 Å². The van der Waals surface area contributed by atoms with Crippen molar-refractivity contribution >= 4 is 54.0 Å². The Balaban J connectivity index is 1.40. The maximum Gasteiger partial charge on any atom is 0.410 e. The third-order valence-electron chi connectivity index (χ3n) is 7.33. The number of pyridine rings is 1. The van der Waals surface area contributed by atoms with Gasteiger partial charge in [0.2, 0.25) is 5.28 Å². The lowest BCUT2D eigenvalue weighted by Crippen LogP contribution is -2.57. The molecule has 0 aliphatic carbocycles. The largest absolute Gasteiger partial charge is 0.477 e. The van der Waals surface area contributed by atoms with Crippen LogP contribution in [0.25, 0.3) is 32.9 Å². The van der Waals surface area contributed by atoms with Gasteiger partial charge in [-0.2, -0.15) is 4.98 Å². The first-order valence-electron chi connectivity index (χ1n) is 13.3. The van der Waals surface area contributed by atoms with Crippen LogP contribution in [0, 0.1) is 5.82 Å². The number of piperazine rings is 1. The molecule has 4 heterocycles. The number of hydrogen-bond donors (Lipinski definition) is 0. The highest BCUT2D eigenvalue weighted by Gasteiger charge is 2.45. The summed E-state index contributed by atoms with van der Waals surface area (Å²) in [4.78, 5) is 30.2. The first-order valence-corrected chi connectivity index (χ1v) is 15.1. The zero-order valence-electron chi connectivity index (χ0n) is 22.7. The number of nitrogens with zero attached hydrogens (tertiary/aromatic N) is 5. The summed E-state index contributed by atoms with van der Waals surface area (Å²) in [6, 6.07) is 11.4. The lowest BCUT2D eigenvalue weighted by atomic mass is 10.00. The Morgan fingerprint density at radius 3 is 2.52 bits per heavy atom. The van der Waals surface area contributed by atoms with Gasteiger partial charge >= 0.3 is 6.09 Å². The van der Waals surface area contributed by atoms with Crippen molar-refractivity contribution in [3.63, 3.8) is 0 Å². The van der Waals surface area contributed by atoms with E-state index in [9.17, 15) is 4.79 Å². The van der Waals surface area contributed by atoms with Gasteiger partial charge in [-0.3, -0.25) is 9.88 Å². The van der Waals surface area contributed by atoms with Crippen molar-refractivity contribution in [2.75, 3.05) is 24.7 Å². The topological polar surface area (TPSA) is 80.7 Å². The molecule has 2 bridgehead atoms. The monoisotopic (exact) mass is 581 g/mol. The molecule has 2 aromatic carbocycles. The molecule has 0 N–H and O–H groups in total. The molecule has 2 aromatic heterocycles. The van der Waals surface area contributed by atoms with Crippen LogP contribution < -0.4 is 9.42 Å². The number of benzene rings is 2. The highest BCUT2D eigenvalue weighted by Crippen LogP contribution is 2.39. The van der Waals surface area contributed by atoms with Gasteiger partial charge in [0, 0.05) is 24.8 Å². The Morgan fingerprint density at radius 2 is 1.82 bits per heavy atom. The molecule has 11 heteroatoms. The van der Waals surface area contributed by atoms with Crippen molar-refractivity contribution < 1.29 is 18.4 Å². The molecular weight excluding hydrogens is 552 g/mol. The number of carbonyl (C=O) groups excluding carboxylic acids is 1. The first-order chi connectivity index (χ1) is 19.1. The summed E-state index contributed by atoms with van der Waals surface area (Å²) in [7, 11) is 0.245. The van der Waals surface area contributed by atoms with E-state index in [0.29, 0.717) is 35.6 Å². The Bertz CT molecular complexity index is 1620. The number of amides is 1. The number of rotatable bonds is 4. The molecule has 40 heavy (non-hydrogen) atoms. The van der Waals surface area contributed by atoms with Gasteiger partial charge in [-0.1, -0.05) is 24.3 Å². The van der Waals surface area contributed by atoms with E-state index < -0.39 is 11.4 Å². The Hall–Kier alpha value is -3.29. The molecule has 0 radical (unpaired) electrons. The Kier molecular flexibility index (Phi) is 6.91. The smallest absolute Gasteiger partial charge is 0.410 e. The standard InChI is InChI=1S/C29H30ClFN5O3P/c1-29(2,3)38-28(37)36-17-9-10-18(36)15-35(14-17)26-22-13-32-24(23(31)25(22)33-27(30)34-26)21-12-19(39-40-4)11-16-7-5-6-8-20(16)21/h5-8,11-13,17-18,40H,9-10,14-15H2,1-4H3. The van der Waals surface area contributed by atoms with E-state index in [0.717, 1.165) is 23.6 Å². The summed E-state index contributed by atoms with van der Waals surface area (Å²) in [5, 5.41) is 2.21. The fourth-order valence-electron chi connectivity index (χ4n) is 5.79. The van der Waals surface area contributed by atoms with Crippen LogP contribution in [0.1, 0.15) is 33.6 Å². The molecule has 2 aliphatic heterocycles. The summed E-state index contributed by atoms with van der Waals surface area (Å²) in [6.45, 7) is 8.59. The molecule has 0 saturated carbocycles. The average Bonchev–Trinajstić information content (AvgIpc) is 3.17. The van der Waals surface area contributed by atoms with E-state index in [1.807, 2.05) is 68.7 Å². The summed E-state index contributed by atoms with van der Waals surface area (Å²) in [5.74, 6) is 0.595. The van der Waals surface area contributed by atoms with Crippen molar-refractivity contribution in [1.29, 1.82) is 0 Å². The molecule has 8 nitrogen and oxygen atoms in total. The number of aromatic nitrogens is 3. The van der Waals surface area contributed by atoms with Crippen molar-refractivity contribution in [1.82, 2.24) is 19.9 Å². The van der Waals surface area contributed by atoms with Crippen molar-refractivity contribution in [3.8, 4) is 17.0 Å². The number of halogens is 2. The number of anilines is 1. The van der Waals surface area contributed by atoms with E-state index in [4.69, 9.17) is 20.9 Å². The normalized spacial score (nSPS) is 19.2. The zero-order valence-corrected chi connectivity index (χ0v) is 24.5. The second-order valence-corrected chi connectivity index (χ2v) is 12.1. The van der Waals surface area contributed by atoms with Gasteiger partial charge in [0.05, 0.1) is 26.3 Å². The van der Waals surface area contributed by atoms with Gasteiger partial charge in [0.15, 0.2) is 5.82 Å². The molecule has 2 aliphatic rings. The lowest BCUT2D eigenvalue weighted by molar-refractivity contribution is 0.0123. The van der Waals surface area contributed by atoms with Gasteiger partial charge in [-0.05, 0) is 74.8 Å². The van der Waals surface area contributed by atoms with E-state index in [2.05, 4.69) is 19.9 Å². The third-order valence-corrected chi connectivity index (χ3v) is 7.94. The molecule has 208 valence electrons. The van der Waals surface area contributed by atoms with Crippen LogP contribution in [-0.2, 0) is 4.74 Å². The van der Waals surface area contributed by atoms with Gasteiger partial charge in [0.1, 0.15) is 28.4 Å². The predicted octanol–water partition coefficient (Wildman–Crippen LogP) is 6.83. The summed E-state index contributed by atoms with van der Waals surface area (Å²) < 4.78 is 27.7. The fraction of sp³-hybridized carbons (Fsp3) is 0.379. The maximum absolute atomic E-state index is 16.3. The lowest BCUT2D eigenvalue weighted by Gasteiger charge is -2.42. The number of carbonyl (C=O) groups is 1. The fourth-order valence-corrected chi connectivity index (χ4v) is 6.31. The van der Waals surface area contributed by atoms with E-state index in [-0.39, 0.29) is 43.5 Å². The molecule has 6 rings (SSSR count). The molecule has 4 aromatic rings. The van der Waals surface area contributed by atoms with E-state index in [1.54, 1.807) is 6.20 Å². The average molecular weight is 582 g/mol. The van der Waals surface area contributed by atoms with E-state index >= 15 is 4.39 Å². The first kappa shape index (κ1) is 26.9. The number of fused-ring (bicyclic) bond motifs is 4. The predicted molar refractivity (Wildman–Crippen MR) is 157 cm³/mol. The van der Waals surface area contributed by atoms with Crippen LogP contribution in [0.2, 0.25) is 5.28 Å². The van der Waals surface area contributed by atoms with Crippen LogP contribution in [0.5, 0.6) is 5.75 Å².